The average molecular weight is 267 g/mol. The van der Waals surface area contributed by atoms with E-state index in [0.717, 1.165) is 6.07 Å². The number of alkyl halides is 2. The standard InChI is InChI=1S/C7H5BrF2N2O2/c1-3-2-4(12(13)14)5(7(9)10)11-6(3)8/h2,7H,1H3. The van der Waals surface area contributed by atoms with Gasteiger partial charge in [-0.2, -0.15) is 0 Å². The lowest BCUT2D eigenvalue weighted by atomic mass is 10.2. The molecule has 0 N–H and O–H groups in total. The molecule has 0 aliphatic heterocycles. The predicted octanol–water partition coefficient (Wildman–Crippen LogP) is 3.00. The minimum atomic E-state index is -2.95. The monoisotopic (exact) mass is 266 g/mol. The predicted molar refractivity (Wildman–Crippen MR) is 48.3 cm³/mol. The van der Waals surface area contributed by atoms with E-state index in [4.69, 9.17) is 0 Å². The van der Waals surface area contributed by atoms with Crippen molar-refractivity contribution in [1.82, 2.24) is 4.98 Å². The lowest BCUT2D eigenvalue weighted by Crippen LogP contribution is -2.00. The fourth-order valence-corrected chi connectivity index (χ4v) is 1.20. The fourth-order valence-electron chi connectivity index (χ4n) is 0.897. The zero-order valence-electron chi connectivity index (χ0n) is 7.00. The minimum Gasteiger partial charge on any atom is -0.258 e. The summed E-state index contributed by atoms with van der Waals surface area (Å²) in [6, 6.07) is 1.07. The molecule has 1 rings (SSSR count). The number of aromatic nitrogens is 1. The van der Waals surface area contributed by atoms with Crippen LogP contribution in [0.2, 0.25) is 0 Å². The molecule has 14 heavy (non-hydrogen) atoms. The Morgan fingerprint density at radius 1 is 1.64 bits per heavy atom. The third-order valence-corrected chi connectivity index (χ3v) is 2.37. The van der Waals surface area contributed by atoms with Gasteiger partial charge in [0.05, 0.1) is 4.92 Å². The quantitative estimate of drug-likeness (QED) is 0.470. The molecule has 0 unspecified atom stereocenters. The highest BCUT2D eigenvalue weighted by Crippen LogP contribution is 2.30. The molecule has 76 valence electrons. The van der Waals surface area contributed by atoms with Crippen LogP contribution in [0.5, 0.6) is 0 Å². The van der Waals surface area contributed by atoms with Crippen molar-refractivity contribution in [2.75, 3.05) is 0 Å². The van der Waals surface area contributed by atoms with Gasteiger partial charge in [0.25, 0.3) is 12.1 Å². The highest BCUT2D eigenvalue weighted by Gasteiger charge is 2.24. The molecule has 0 spiro atoms. The van der Waals surface area contributed by atoms with E-state index in [1.165, 1.54) is 0 Å². The van der Waals surface area contributed by atoms with E-state index in [1.807, 2.05) is 0 Å². The Morgan fingerprint density at radius 2 is 2.21 bits per heavy atom. The van der Waals surface area contributed by atoms with Gasteiger partial charge in [0.15, 0.2) is 5.69 Å². The highest BCUT2D eigenvalue weighted by molar-refractivity contribution is 9.10. The van der Waals surface area contributed by atoms with E-state index in [9.17, 15) is 18.9 Å². The number of nitro groups is 1. The molecule has 1 aromatic rings. The number of pyridine rings is 1. The molecule has 0 saturated carbocycles. The Kier molecular flexibility index (Phi) is 3.10. The van der Waals surface area contributed by atoms with Gasteiger partial charge >= 0.3 is 0 Å². The first-order valence-electron chi connectivity index (χ1n) is 3.53. The molecule has 0 atom stereocenters. The van der Waals surface area contributed by atoms with Crippen LogP contribution in [0.25, 0.3) is 0 Å². The second-order valence-corrected chi connectivity index (χ2v) is 3.31. The lowest BCUT2D eigenvalue weighted by Gasteiger charge is -2.03. The van der Waals surface area contributed by atoms with Gasteiger partial charge in [-0.15, -0.1) is 0 Å². The summed E-state index contributed by atoms with van der Waals surface area (Å²) in [5.74, 6) is 0. The van der Waals surface area contributed by atoms with Crippen molar-refractivity contribution >= 4 is 21.6 Å². The van der Waals surface area contributed by atoms with Crippen LogP contribution in [-0.2, 0) is 0 Å². The number of hydrogen-bond acceptors (Lipinski definition) is 3. The molecule has 0 saturated heterocycles. The average Bonchev–Trinajstić information content (AvgIpc) is 2.08. The summed E-state index contributed by atoms with van der Waals surface area (Å²) in [6.07, 6.45) is -2.95. The molecular formula is C7H5BrF2N2O2. The molecule has 0 amide bonds. The summed E-state index contributed by atoms with van der Waals surface area (Å²) >= 11 is 2.93. The van der Waals surface area contributed by atoms with Gasteiger partial charge in [-0.25, -0.2) is 13.8 Å². The van der Waals surface area contributed by atoms with Crippen LogP contribution >= 0.6 is 15.9 Å². The van der Waals surface area contributed by atoms with Crippen LogP contribution < -0.4 is 0 Å². The van der Waals surface area contributed by atoms with Crippen LogP contribution in [0.1, 0.15) is 17.7 Å². The van der Waals surface area contributed by atoms with Gasteiger partial charge < -0.3 is 0 Å². The van der Waals surface area contributed by atoms with Crippen molar-refractivity contribution in [2.45, 2.75) is 13.3 Å². The number of nitrogens with zero attached hydrogens (tertiary/aromatic N) is 2. The van der Waals surface area contributed by atoms with E-state index < -0.39 is 22.7 Å². The van der Waals surface area contributed by atoms with Crippen LogP contribution in [0.4, 0.5) is 14.5 Å². The first-order valence-corrected chi connectivity index (χ1v) is 4.32. The summed E-state index contributed by atoms with van der Waals surface area (Å²) in [6.45, 7) is 1.54. The molecule has 0 radical (unpaired) electrons. The van der Waals surface area contributed by atoms with Crippen LogP contribution in [0, 0.1) is 17.0 Å². The van der Waals surface area contributed by atoms with Crippen molar-refractivity contribution in [3.8, 4) is 0 Å². The fraction of sp³-hybridized carbons (Fsp3) is 0.286. The Hall–Kier alpha value is -1.11. The van der Waals surface area contributed by atoms with E-state index in [1.54, 1.807) is 6.92 Å². The largest absolute Gasteiger partial charge is 0.297 e. The molecule has 0 aliphatic rings. The number of halogens is 3. The first kappa shape index (κ1) is 11.0. The summed E-state index contributed by atoms with van der Waals surface area (Å²) < 4.78 is 24.8. The Bertz CT molecular complexity index is 384. The molecule has 0 aliphatic carbocycles. The third-order valence-electron chi connectivity index (χ3n) is 1.56. The van der Waals surface area contributed by atoms with Crippen molar-refractivity contribution in [3.05, 3.63) is 32.0 Å². The van der Waals surface area contributed by atoms with Crippen molar-refractivity contribution in [3.63, 3.8) is 0 Å². The number of rotatable bonds is 2. The van der Waals surface area contributed by atoms with Crippen LogP contribution in [-0.4, -0.2) is 9.91 Å². The maximum Gasteiger partial charge on any atom is 0.297 e. The summed E-state index contributed by atoms with van der Waals surface area (Å²) in [7, 11) is 0. The van der Waals surface area contributed by atoms with Crippen molar-refractivity contribution in [1.29, 1.82) is 0 Å². The summed E-state index contributed by atoms with van der Waals surface area (Å²) in [5.41, 5.74) is -1.02. The van der Waals surface area contributed by atoms with Gasteiger partial charge in [0, 0.05) is 6.07 Å². The van der Waals surface area contributed by atoms with E-state index in [0.29, 0.717) is 5.56 Å². The highest BCUT2D eigenvalue weighted by atomic mass is 79.9. The maximum absolute atomic E-state index is 12.3. The zero-order chi connectivity index (χ0) is 10.9. The van der Waals surface area contributed by atoms with Gasteiger partial charge in [-0.3, -0.25) is 10.1 Å². The second-order valence-electron chi connectivity index (χ2n) is 2.56. The molecule has 4 nitrogen and oxygen atoms in total. The smallest absolute Gasteiger partial charge is 0.258 e. The van der Waals surface area contributed by atoms with E-state index in [-0.39, 0.29) is 4.60 Å². The molecule has 7 heteroatoms. The third kappa shape index (κ3) is 2.03. The van der Waals surface area contributed by atoms with E-state index >= 15 is 0 Å². The summed E-state index contributed by atoms with van der Waals surface area (Å²) in [4.78, 5) is 13.0. The van der Waals surface area contributed by atoms with Gasteiger partial charge in [-0.05, 0) is 28.4 Å². The van der Waals surface area contributed by atoms with Crippen molar-refractivity contribution < 1.29 is 13.7 Å². The number of hydrogen-bond donors (Lipinski definition) is 0. The minimum absolute atomic E-state index is 0.193. The molecule has 0 bridgehead atoms. The van der Waals surface area contributed by atoms with Gasteiger partial charge in [-0.1, -0.05) is 0 Å². The topological polar surface area (TPSA) is 56.0 Å². The summed E-state index contributed by atoms with van der Waals surface area (Å²) in [5, 5.41) is 10.4. The number of aryl methyl sites for hydroxylation is 1. The molecule has 1 heterocycles. The zero-order valence-corrected chi connectivity index (χ0v) is 8.59. The molecule has 0 fully saturated rings. The van der Waals surface area contributed by atoms with Crippen LogP contribution in [0.3, 0.4) is 0 Å². The molecular weight excluding hydrogens is 262 g/mol. The Labute approximate surface area is 86.2 Å². The first-order chi connectivity index (χ1) is 6.43. The normalized spacial score (nSPS) is 10.6. The van der Waals surface area contributed by atoms with Gasteiger partial charge in [0.2, 0.25) is 0 Å². The van der Waals surface area contributed by atoms with E-state index in [2.05, 4.69) is 20.9 Å². The second kappa shape index (κ2) is 3.95. The van der Waals surface area contributed by atoms with Crippen molar-refractivity contribution in [2.24, 2.45) is 0 Å². The van der Waals surface area contributed by atoms with Gasteiger partial charge in [0.1, 0.15) is 4.60 Å². The SMILES string of the molecule is Cc1cc([N+](=O)[O-])c(C(F)F)nc1Br. The van der Waals surface area contributed by atoms with Crippen LogP contribution in [0.15, 0.2) is 10.7 Å². The maximum atomic E-state index is 12.3. The lowest BCUT2D eigenvalue weighted by molar-refractivity contribution is -0.386. The Morgan fingerprint density at radius 3 is 2.64 bits per heavy atom. The Balaban J connectivity index is 3.39. The molecule has 0 aromatic carbocycles. The molecule has 1 aromatic heterocycles.